The second-order valence-corrected chi connectivity index (χ2v) is 7.75. The van der Waals surface area contributed by atoms with Crippen molar-refractivity contribution in [1.29, 1.82) is 0 Å². The Labute approximate surface area is 144 Å². The molecule has 4 rings (SSSR count). The van der Waals surface area contributed by atoms with E-state index >= 15 is 0 Å². The van der Waals surface area contributed by atoms with Crippen molar-refractivity contribution >= 4 is 39.0 Å². The molecule has 1 aliphatic rings. The molecule has 1 atom stereocenters. The van der Waals surface area contributed by atoms with Gasteiger partial charge in [0.15, 0.2) is 0 Å². The predicted octanol–water partition coefficient (Wildman–Crippen LogP) is 5.08. The number of hydrogen-bond acceptors (Lipinski definition) is 4. The molecule has 0 aliphatic heterocycles. The molecule has 5 heteroatoms. The van der Waals surface area contributed by atoms with E-state index in [4.69, 9.17) is 11.6 Å². The number of nitrogens with one attached hydrogen (secondary N) is 1. The third-order valence-corrected chi connectivity index (χ3v) is 5.88. The maximum atomic E-state index is 5.94. The van der Waals surface area contributed by atoms with E-state index < -0.39 is 0 Å². The van der Waals surface area contributed by atoms with Crippen molar-refractivity contribution in [2.45, 2.75) is 32.7 Å². The first kappa shape index (κ1) is 14.9. The Balaban J connectivity index is 1.66. The Morgan fingerprint density at radius 2 is 2.09 bits per heavy atom. The van der Waals surface area contributed by atoms with Crippen LogP contribution in [0.15, 0.2) is 30.6 Å². The van der Waals surface area contributed by atoms with Gasteiger partial charge in [0.1, 0.15) is 17.0 Å². The van der Waals surface area contributed by atoms with Crippen LogP contribution < -0.4 is 5.32 Å². The average molecular weight is 344 g/mol. The Hall–Kier alpha value is -1.65. The molecule has 0 spiro atoms. The Morgan fingerprint density at radius 1 is 1.26 bits per heavy atom. The number of fused-ring (bicyclic) bond motifs is 3. The summed E-state index contributed by atoms with van der Waals surface area (Å²) in [5.41, 5.74) is 2.65. The molecular formula is C18H18ClN3S. The number of aromatic nitrogens is 2. The Bertz CT molecular complexity index is 841. The van der Waals surface area contributed by atoms with Gasteiger partial charge in [0, 0.05) is 16.4 Å². The number of anilines is 1. The number of aryl methyl sites for hydroxylation is 1. The van der Waals surface area contributed by atoms with Gasteiger partial charge in [-0.3, -0.25) is 0 Å². The minimum Gasteiger partial charge on any atom is -0.365 e. The fraction of sp³-hybridized carbons (Fsp3) is 0.333. The molecule has 0 fully saturated rings. The van der Waals surface area contributed by atoms with Gasteiger partial charge in [-0.25, -0.2) is 9.97 Å². The monoisotopic (exact) mass is 343 g/mol. The molecule has 1 aromatic carbocycles. The van der Waals surface area contributed by atoms with Crippen molar-refractivity contribution in [2.24, 2.45) is 5.92 Å². The highest BCUT2D eigenvalue weighted by atomic mass is 35.5. The summed E-state index contributed by atoms with van der Waals surface area (Å²) in [6, 6.07) is 7.92. The smallest absolute Gasteiger partial charge is 0.138 e. The summed E-state index contributed by atoms with van der Waals surface area (Å²) in [5.74, 6) is 1.73. The molecule has 0 radical (unpaired) electrons. The third kappa shape index (κ3) is 2.93. The predicted molar refractivity (Wildman–Crippen MR) is 97.4 cm³/mol. The summed E-state index contributed by atoms with van der Waals surface area (Å²) in [4.78, 5) is 11.6. The van der Waals surface area contributed by atoms with E-state index in [0.29, 0.717) is 0 Å². The maximum absolute atomic E-state index is 5.94. The summed E-state index contributed by atoms with van der Waals surface area (Å²) < 4.78 is 0. The molecule has 0 saturated heterocycles. The van der Waals surface area contributed by atoms with Crippen molar-refractivity contribution in [1.82, 2.24) is 9.97 Å². The van der Waals surface area contributed by atoms with Crippen LogP contribution in [0.1, 0.15) is 29.3 Å². The standard InChI is InChI=1S/C18H18ClN3S/c1-11-2-7-14-15(8-11)23-18-16(14)17(21-10-22-18)20-9-12-3-5-13(19)6-4-12/h3-6,10-11H,2,7-9H2,1H3,(H,20,21,22). The quantitative estimate of drug-likeness (QED) is 0.720. The van der Waals surface area contributed by atoms with Crippen LogP contribution in [0.3, 0.4) is 0 Å². The first-order valence-electron chi connectivity index (χ1n) is 7.94. The molecule has 23 heavy (non-hydrogen) atoms. The summed E-state index contributed by atoms with van der Waals surface area (Å²) in [7, 11) is 0. The van der Waals surface area contributed by atoms with Gasteiger partial charge in [-0.15, -0.1) is 11.3 Å². The maximum Gasteiger partial charge on any atom is 0.138 e. The highest BCUT2D eigenvalue weighted by molar-refractivity contribution is 7.19. The van der Waals surface area contributed by atoms with Crippen LogP contribution in [0.2, 0.25) is 5.02 Å². The lowest BCUT2D eigenvalue weighted by molar-refractivity contribution is 0.509. The van der Waals surface area contributed by atoms with E-state index in [9.17, 15) is 0 Å². The molecule has 0 saturated carbocycles. The molecule has 3 aromatic rings. The van der Waals surface area contributed by atoms with Gasteiger partial charge in [-0.2, -0.15) is 0 Å². The van der Waals surface area contributed by atoms with Crippen LogP contribution in [-0.4, -0.2) is 9.97 Å². The van der Waals surface area contributed by atoms with E-state index in [-0.39, 0.29) is 0 Å². The molecule has 1 unspecified atom stereocenters. The van der Waals surface area contributed by atoms with Crippen molar-refractivity contribution in [2.75, 3.05) is 5.32 Å². The SMILES string of the molecule is CC1CCc2c(sc3ncnc(NCc4ccc(Cl)cc4)c23)C1. The first-order valence-corrected chi connectivity index (χ1v) is 9.13. The first-order chi connectivity index (χ1) is 11.2. The van der Waals surface area contributed by atoms with Gasteiger partial charge in [-0.05, 0) is 48.4 Å². The van der Waals surface area contributed by atoms with Crippen LogP contribution in [0.25, 0.3) is 10.2 Å². The average Bonchev–Trinajstić information content (AvgIpc) is 2.92. The van der Waals surface area contributed by atoms with Gasteiger partial charge in [0.05, 0.1) is 5.39 Å². The lowest BCUT2D eigenvalue weighted by Gasteiger charge is -2.18. The zero-order valence-corrected chi connectivity index (χ0v) is 14.5. The van der Waals surface area contributed by atoms with Crippen molar-refractivity contribution < 1.29 is 0 Å². The van der Waals surface area contributed by atoms with Crippen LogP contribution in [-0.2, 0) is 19.4 Å². The molecule has 0 amide bonds. The van der Waals surface area contributed by atoms with E-state index in [0.717, 1.165) is 34.6 Å². The topological polar surface area (TPSA) is 37.8 Å². The van der Waals surface area contributed by atoms with Crippen LogP contribution in [0, 0.1) is 5.92 Å². The molecule has 1 N–H and O–H groups in total. The Kier molecular flexibility index (Phi) is 3.95. The highest BCUT2D eigenvalue weighted by Crippen LogP contribution is 2.39. The van der Waals surface area contributed by atoms with E-state index in [1.807, 2.05) is 35.6 Å². The number of thiophene rings is 1. The fourth-order valence-electron chi connectivity index (χ4n) is 3.20. The van der Waals surface area contributed by atoms with E-state index in [1.165, 1.54) is 34.2 Å². The van der Waals surface area contributed by atoms with Crippen LogP contribution in [0.5, 0.6) is 0 Å². The van der Waals surface area contributed by atoms with Gasteiger partial charge in [-0.1, -0.05) is 30.7 Å². The number of nitrogens with zero attached hydrogens (tertiary/aromatic N) is 2. The summed E-state index contributed by atoms with van der Waals surface area (Å²) >= 11 is 7.78. The third-order valence-electron chi connectivity index (χ3n) is 4.46. The molecule has 2 heterocycles. The van der Waals surface area contributed by atoms with Crippen molar-refractivity contribution in [3.63, 3.8) is 0 Å². The number of rotatable bonds is 3. The normalized spacial score (nSPS) is 17.2. The van der Waals surface area contributed by atoms with Gasteiger partial charge in [0.25, 0.3) is 0 Å². The van der Waals surface area contributed by atoms with Crippen LogP contribution >= 0.6 is 22.9 Å². The minimum atomic E-state index is 0.740. The largest absolute Gasteiger partial charge is 0.365 e. The number of halogens is 1. The summed E-state index contributed by atoms with van der Waals surface area (Å²) in [6.45, 7) is 3.07. The fourth-order valence-corrected chi connectivity index (χ4v) is 4.67. The molecule has 0 bridgehead atoms. The zero-order chi connectivity index (χ0) is 15.8. The van der Waals surface area contributed by atoms with Gasteiger partial charge in [0.2, 0.25) is 0 Å². The summed E-state index contributed by atoms with van der Waals surface area (Å²) in [6.07, 6.45) is 5.23. The van der Waals surface area contributed by atoms with E-state index in [2.05, 4.69) is 22.2 Å². The number of benzene rings is 1. The highest BCUT2D eigenvalue weighted by Gasteiger charge is 2.22. The van der Waals surface area contributed by atoms with Crippen LogP contribution in [0.4, 0.5) is 5.82 Å². The molecule has 1 aliphatic carbocycles. The minimum absolute atomic E-state index is 0.740. The number of hydrogen-bond donors (Lipinski definition) is 1. The van der Waals surface area contributed by atoms with Gasteiger partial charge >= 0.3 is 0 Å². The molecule has 2 aromatic heterocycles. The van der Waals surface area contributed by atoms with Gasteiger partial charge < -0.3 is 5.32 Å². The molecule has 3 nitrogen and oxygen atoms in total. The lowest BCUT2D eigenvalue weighted by atomic mass is 9.89. The second kappa shape index (κ2) is 6.10. The van der Waals surface area contributed by atoms with Crippen molar-refractivity contribution in [3.8, 4) is 0 Å². The Morgan fingerprint density at radius 3 is 2.91 bits per heavy atom. The molecular weight excluding hydrogens is 326 g/mol. The second-order valence-electron chi connectivity index (χ2n) is 6.23. The van der Waals surface area contributed by atoms with Crippen molar-refractivity contribution in [3.05, 3.63) is 51.6 Å². The lowest BCUT2D eigenvalue weighted by Crippen LogP contribution is -2.09. The zero-order valence-electron chi connectivity index (χ0n) is 13.0. The van der Waals surface area contributed by atoms with E-state index in [1.54, 1.807) is 6.33 Å². The summed E-state index contributed by atoms with van der Waals surface area (Å²) in [5, 5.41) is 5.48. The molecule has 118 valence electrons.